The first kappa shape index (κ1) is 20.4. The zero-order valence-electron chi connectivity index (χ0n) is 19.0. The molecule has 6 rings (SSSR count). The molecule has 168 valence electrons. The summed E-state index contributed by atoms with van der Waals surface area (Å²) < 4.78 is 0. The third kappa shape index (κ3) is 3.25. The largest absolute Gasteiger partial charge is 0.359 e. The van der Waals surface area contributed by atoms with Crippen LogP contribution in [0.4, 0.5) is 5.69 Å². The van der Waals surface area contributed by atoms with Crippen molar-refractivity contribution >= 4 is 28.3 Å². The molecule has 3 aromatic carbocycles. The van der Waals surface area contributed by atoms with E-state index in [0.29, 0.717) is 6.04 Å². The molecule has 0 spiro atoms. The number of amides is 2. The van der Waals surface area contributed by atoms with Crippen LogP contribution in [-0.4, -0.2) is 42.9 Å². The van der Waals surface area contributed by atoms with Crippen molar-refractivity contribution in [2.75, 3.05) is 25.0 Å². The van der Waals surface area contributed by atoms with Gasteiger partial charge in [0.2, 0.25) is 11.8 Å². The molecule has 2 atom stereocenters. The number of likely N-dealkylation sites (tertiary alicyclic amines) is 1. The van der Waals surface area contributed by atoms with E-state index >= 15 is 0 Å². The molecule has 0 aromatic heterocycles. The molecule has 0 radical (unpaired) electrons. The van der Waals surface area contributed by atoms with Crippen molar-refractivity contribution in [3.8, 4) is 0 Å². The normalized spacial score (nSPS) is 22.7. The second-order valence-corrected chi connectivity index (χ2v) is 9.55. The molecule has 1 saturated heterocycles. The summed E-state index contributed by atoms with van der Waals surface area (Å²) in [5.74, 6) is -0.382. The minimum atomic E-state index is -0.374. The van der Waals surface area contributed by atoms with Crippen molar-refractivity contribution in [1.29, 1.82) is 0 Å². The van der Waals surface area contributed by atoms with Gasteiger partial charge < -0.3 is 10.2 Å². The first-order chi connectivity index (χ1) is 16.2. The SMILES string of the molecule is CNC(=O)C[C@@H]1C(=O)N(C2CCN([C@@H]3Cc4cccc5cccc3c45)CC2)c2ccccc21. The van der Waals surface area contributed by atoms with Crippen LogP contribution in [0.3, 0.4) is 0 Å². The second-order valence-electron chi connectivity index (χ2n) is 9.55. The second kappa shape index (κ2) is 7.99. The fourth-order valence-electron chi connectivity index (χ4n) is 6.28. The summed E-state index contributed by atoms with van der Waals surface area (Å²) >= 11 is 0. The van der Waals surface area contributed by atoms with Crippen LogP contribution in [-0.2, 0) is 16.0 Å². The van der Waals surface area contributed by atoms with Gasteiger partial charge in [-0.25, -0.2) is 0 Å². The van der Waals surface area contributed by atoms with Gasteiger partial charge in [0.25, 0.3) is 0 Å². The lowest BCUT2D eigenvalue weighted by molar-refractivity contribution is -0.126. The lowest BCUT2D eigenvalue weighted by Gasteiger charge is -2.40. The zero-order chi connectivity index (χ0) is 22.5. The van der Waals surface area contributed by atoms with Crippen molar-refractivity contribution in [2.45, 2.75) is 43.7 Å². The summed E-state index contributed by atoms with van der Waals surface area (Å²) in [6, 6.07) is 21.9. The van der Waals surface area contributed by atoms with Gasteiger partial charge in [-0.05, 0) is 52.8 Å². The maximum Gasteiger partial charge on any atom is 0.235 e. The minimum absolute atomic E-state index is 0.0799. The molecule has 33 heavy (non-hydrogen) atoms. The van der Waals surface area contributed by atoms with Crippen LogP contribution < -0.4 is 10.2 Å². The Bertz CT molecular complexity index is 1240. The van der Waals surface area contributed by atoms with E-state index in [0.717, 1.165) is 43.6 Å². The highest BCUT2D eigenvalue weighted by molar-refractivity contribution is 6.07. The van der Waals surface area contributed by atoms with E-state index in [2.05, 4.69) is 46.6 Å². The summed E-state index contributed by atoms with van der Waals surface area (Å²) in [5.41, 5.74) is 4.89. The highest BCUT2D eigenvalue weighted by Gasteiger charge is 2.43. The lowest BCUT2D eigenvalue weighted by Crippen LogP contribution is -2.47. The number of para-hydroxylation sites is 1. The molecule has 1 aliphatic carbocycles. The number of carbonyl (C=O) groups is 2. The minimum Gasteiger partial charge on any atom is -0.359 e. The van der Waals surface area contributed by atoms with E-state index in [9.17, 15) is 9.59 Å². The quantitative estimate of drug-likeness (QED) is 0.664. The number of carbonyl (C=O) groups excluding carboxylic acids is 2. The molecule has 0 unspecified atom stereocenters. The Kier molecular flexibility index (Phi) is 4.95. The molecule has 2 heterocycles. The van der Waals surface area contributed by atoms with Crippen LogP contribution in [0, 0.1) is 0 Å². The van der Waals surface area contributed by atoms with Gasteiger partial charge in [-0.15, -0.1) is 0 Å². The van der Waals surface area contributed by atoms with E-state index in [-0.39, 0.29) is 30.2 Å². The van der Waals surface area contributed by atoms with E-state index in [1.165, 1.54) is 21.9 Å². The number of rotatable bonds is 4. The highest BCUT2D eigenvalue weighted by Crippen LogP contribution is 2.44. The Morgan fingerprint density at radius 2 is 1.70 bits per heavy atom. The van der Waals surface area contributed by atoms with Crippen LogP contribution >= 0.6 is 0 Å². The fraction of sp³-hybridized carbons (Fsp3) is 0.357. The van der Waals surface area contributed by atoms with Crippen LogP contribution in [0.1, 0.15) is 47.9 Å². The van der Waals surface area contributed by atoms with Gasteiger partial charge in [0.1, 0.15) is 0 Å². The van der Waals surface area contributed by atoms with Gasteiger partial charge >= 0.3 is 0 Å². The van der Waals surface area contributed by atoms with E-state index in [4.69, 9.17) is 0 Å². The number of nitrogens with zero attached hydrogens (tertiary/aromatic N) is 2. The van der Waals surface area contributed by atoms with Gasteiger partial charge in [-0.2, -0.15) is 0 Å². The first-order valence-electron chi connectivity index (χ1n) is 12.0. The van der Waals surface area contributed by atoms with E-state index in [1.807, 2.05) is 29.2 Å². The summed E-state index contributed by atoms with van der Waals surface area (Å²) in [5, 5.41) is 5.45. The zero-order valence-corrected chi connectivity index (χ0v) is 19.0. The monoisotopic (exact) mass is 439 g/mol. The lowest BCUT2D eigenvalue weighted by atomic mass is 9.97. The van der Waals surface area contributed by atoms with E-state index < -0.39 is 0 Å². The maximum absolute atomic E-state index is 13.5. The maximum atomic E-state index is 13.5. The summed E-state index contributed by atoms with van der Waals surface area (Å²) in [4.78, 5) is 30.2. The Labute approximate surface area is 194 Å². The van der Waals surface area contributed by atoms with Crippen LogP contribution in [0.5, 0.6) is 0 Å². The molecule has 3 aliphatic rings. The van der Waals surface area contributed by atoms with Crippen molar-refractivity contribution in [3.05, 3.63) is 77.4 Å². The van der Waals surface area contributed by atoms with Crippen LogP contribution in [0.25, 0.3) is 10.8 Å². The number of nitrogens with one attached hydrogen (secondary N) is 1. The predicted molar refractivity (Wildman–Crippen MR) is 130 cm³/mol. The number of anilines is 1. The molecule has 2 amide bonds. The van der Waals surface area contributed by atoms with Crippen LogP contribution in [0.2, 0.25) is 0 Å². The molecule has 5 heteroatoms. The average molecular weight is 440 g/mol. The number of benzene rings is 3. The highest BCUT2D eigenvalue weighted by atomic mass is 16.2. The van der Waals surface area contributed by atoms with Crippen molar-refractivity contribution in [3.63, 3.8) is 0 Å². The Balaban J connectivity index is 1.21. The topological polar surface area (TPSA) is 52.7 Å². The van der Waals surface area contributed by atoms with E-state index in [1.54, 1.807) is 7.05 Å². The van der Waals surface area contributed by atoms with Gasteiger partial charge in [0.15, 0.2) is 0 Å². The van der Waals surface area contributed by atoms with Gasteiger partial charge in [-0.3, -0.25) is 14.5 Å². The van der Waals surface area contributed by atoms with Crippen molar-refractivity contribution in [2.24, 2.45) is 0 Å². The molecule has 0 bridgehead atoms. The van der Waals surface area contributed by atoms with Crippen LogP contribution in [0.15, 0.2) is 60.7 Å². The summed E-state index contributed by atoms with van der Waals surface area (Å²) in [6.45, 7) is 1.96. The fourth-order valence-corrected chi connectivity index (χ4v) is 6.28. The Morgan fingerprint density at radius 3 is 2.48 bits per heavy atom. The molecular weight excluding hydrogens is 410 g/mol. The molecular formula is C28H29N3O2. The predicted octanol–water partition coefficient (Wildman–Crippen LogP) is 4.17. The number of hydrogen-bond donors (Lipinski definition) is 1. The van der Waals surface area contributed by atoms with Gasteiger partial charge in [-0.1, -0.05) is 54.6 Å². The van der Waals surface area contributed by atoms with Gasteiger partial charge in [0, 0.05) is 44.3 Å². The number of hydrogen-bond acceptors (Lipinski definition) is 3. The molecule has 5 nitrogen and oxygen atoms in total. The molecule has 3 aromatic rings. The number of fused-ring (bicyclic) bond motifs is 1. The third-order valence-electron chi connectivity index (χ3n) is 7.88. The summed E-state index contributed by atoms with van der Waals surface area (Å²) in [7, 11) is 1.63. The molecule has 1 N–H and O–H groups in total. The molecule has 0 saturated carbocycles. The molecule has 1 fully saturated rings. The first-order valence-corrected chi connectivity index (χ1v) is 12.0. The Hall–Kier alpha value is -3.18. The summed E-state index contributed by atoms with van der Waals surface area (Å²) in [6.07, 6.45) is 3.19. The van der Waals surface area contributed by atoms with Crippen molar-refractivity contribution < 1.29 is 9.59 Å². The Morgan fingerprint density at radius 1 is 0.970 bits per heavy atom. The smallest absolute Gasteiger partial charge is 0.235 e. The third-order valence-corrected chi connectivity index (χ3v) is 7.88. The van der Waals surface area contributed by atoms with Crippen molar-refractivity contribution in [1.82, 2.24) is 10.2 Å². The standard InChI is InChI=1S/C28H29N3O2/c1-29-26(32)17-23-21-9-2-3-11-24(21)31(28(23)33)20-12-14-30(15-13-20)25-16-19-8-4-6-18-7-5-10-22(25)27(18)19/h2-11,20,23,25H,12-17H2,1H3,(H,29,32)/t23-,25+/m0/s1. The number of piperidine rings is 1. The molecule has 2 aliphatic heterocycles. The van der Waals surface area contributed by atoms with Gasteiger partial charge in [0.05, 0.1) is 5.92 Å². The average Bonchev–Trinajstić information content (AvgIpc) is 3.36.